The molecule has 0 radical (unpaired) electrons. The molecule has 6 heteroatoms. The van der Waals surface area contributed by atoms with Crippen molar-refractivity contribution >= 4 is 17.6 Å². The van der Waals surface area contributed by atoms with Crippen LogP contribution in [0.1, 0.15) is 48.3 Å². The Morgan fingerprint density at radius 1 is 1.32 bits per heavy atom. The van der Waals surface area contributed by atoms with Gasteiger partial charge in [0.25, 0.3) is 0 Å². The Labute approximate surface area is 166 Å². The minimum atomic E-state index is -0.833. The molecule has 0 bridgehead atoms. The summed E-state index contributed by atoms with van der Waals surface area (Å²) in [5.74, 6) is -0.548. The number of carbonyl (C=O) groups excluding carboxylic acids is 1. The summed E-state index contributed by atoms with van der Waals surface area (Å²) in [6.07, 6.45) is 7.50. The zero-order valence-electron chi connectivity index (χ0n) is 16.5. The molecule has 0 aliphatic carbocycles. The van der Waals surface area contributed by atoms with E-state index in [-0.39, 0.29) is 24.1 Å². The van der Waals surface area contributed by atoms with Gasteiger partial charge in [0, 0.05) is 17.7 Å². The first-order valence-corrected chi connectivity index (χ1v) is 9.66. The number of phenolic OH excluding ortho intramolecular Hbond substituents is 1. The first kappa shape index (κ1) is 21.7. The summed E-state index contributed by atoms with van der Waals surface area (Å²) < 4.78 is 0. The molecule has 0 saturated heterocycles. The van der Waals surface area contributed by atoms with Crippen molar-refractivity contribution in [2.24, 2.45) is 0 Å². The van der Waals surface area contributed by atoms with Gasteiger partial charge < -0.3 is 15.5 Å². The highest BCUT2D eigenvalue weighted by atomic mass is 16.4. The van der Waals surface area contributed by atoms with Crippen LogP contribution >= 0.6 is 0 Å². The second-order valence-corrected chi connectivity index (χ2v) is 7.39. The van der Waals surface area contributed by atoms with E-state index in [2.05, 4.69) is 18.5 Å². The quantitative estimate of drug-likeness (QED) is 0.308. The molecule has 1 aromatic rings. The fourth-order valence-corrected chi connectivity index (χ4v) is 3.89. The normalized spacial score (nSPS) is 15.8. The number of carboxylic acid groups (broad SMARTS) is 1. The van der Waals surface area contributed by atoms with Gasteiger partial charge in [0.15, 0.2) is 0 Å². The van der Waals surface area contributed by atoms with Gasteiger partial charge in [-0.25, -0.2) is 0 Å². The number of benzene rings is 1. The number of anilines is 1. The maximum Gasteiger partial charge on any atom is 0.317 e. The van der Waals surface area contributed by atoms with E-state index in [4.69, 9.17) is 5.11 Å². The Hall–Kier alpha value is -2.60. The maximum absolute atomic E-state index is 12.2. The van der Waals surface area contributed by atoms with Crippen molar-refractivity contribution in [1.29, 1.82) is 0 Å². The van der Waals surface area contributed by atoms with Crippen LogP contribution in [0.5, 0.6) is 5.75 Å². The summed E-state index contributed by atoms with van der Waals surface area (Å²) in [6, 6.07) is 1.85. The van der Waals surface area contributed by atoms with Crippen LogP contribution in [0, 0.1) is 0 Å². The van der Waals surface area contributed by atoms with E-state index < -0.39 is 5.97 Å². The van der Waals surface area contributed by atoms with Gasteiger partial charge in [0.2, 0.25) is 5.91 Å². The largest absolute Gasteiger partial charge is 0.507 e. The Morgan fingerprint density at radius 2 is 2.04 bits per heavy atom. The fraction of sp³-hybridized carbons (Fsp3) is 0.455. The molecule has 1 unspecified atom stereocenters. The number of nitrogens with zero attached hydrogens (tertiary/aromatic N) is 1. The summed E-state index contributed by atoms with van der Waals surface area (Å²) in [5, 5.41) is 22.5. The molecule has 28 heavy (non-hydrogen) atoms. The summed E-state index contributed by atoms with van der Waals surface area (Å²) in [4.78, 5) is 24.8. The second-order valence-electron chi connectivity index (χ2n) is 7.39. The van der Waals surface area contributed by atoms with E-state index in [9.17, 15) is 14.7 Å². The van der Waals surface area contributed by atoms with Gasteiger partial charge in [0.05, 0.1) is 6.54 Å². The van der Waals surface area contributed by atoms with Crippen molar-refractivity contribution in [1.82, 2.24) is 4.90 Å². The first-order valence-electron chi connectivity index (χ1n) is 9.66. The molecule has 1 amide bonds. The van der Waals surface area contributed by atoms with E-state index in [1.165, 1.54) is 0 Å². The lowest BCUT2D eigenvalue weighted by molar-refractivity contribution is -0.138. The van der Waals surface area contributed by atoms with Crippen LogP contribution in [0.15, 0.2) is 31.4 Å². The van der Waals surface area contributed by atoms with Gasteiger partial charge >= 0.3 is 5.97 Å². The number of aliphatic carboxylic acids is 1. The van der Waals surface area contributed by atoms with Crippen LogP contribution in [0.3, 0.4) is 0 Å². The highest BCUT2D eigenvalue weighted by Gasteiger charge is 2.29. The van der Waals surface area contributed by atoms with Crippen molar-refractivity contribution in [3.8, 4) is 5.75 Å². The number of rotatable bonds is 11. The van der Waals surface area contributed by atoms with Crippen molar-refractivity contribution in [3.05, 3.63) is 48.1 Å². The lowest BCUT2D eigenvalue weighted by Gasteiger charge is -2.30. The molecule has 1 aliphatic rings. The summed E-state index contributed by atoms with van der Waals surface area (Å²) >= 11 is 0. The zero-order valence-corrected chi connectivity index (χ0v) is 16.5. The molecule has 1 heterocycles. The van der Waals surface area contributed by atoms with E-state index in [1.54, 1.807) is 24.1 Å². The molecule has 1 aliphatic heterocycles. The molecule has 0 fully saturated rings. The average Bonchev–Trinajstić information content (AvgIpc) is 2.61. The summed E-state index contributed by atoms with van der Waals surface area (Å²) in [6.45, 7) is 8.27. The Bertz CT molecular complexity index is 757. The number of hydrogen-bond acceptors (Lipinski definition) is 4. The van der Waals surface area contributed by atoms with Gasteiger partial charge in [-0.3, -0.25) is 14.5 Å². The number of likely N-dealkylation sites (N-methyl/N-ethyl adjacent to an activating group) is 1. The Balaban J connectivity index is 2.19. The summed E-state index contributed by atoms with van der Waals surface area (Å²) in [7, 11) is 1.79. The molecule has 2 rings (SSSR count). The first-order chi connectivity index (χ1) is 13.4. The third-order valence-electron chi connectivity index (χ3n) is 5.10. The predicted octanol–water partition coefficient (Wildman–Crippen LogP) is 3.46. The van der Waals surface area contributed by atoms with Crippen molar-refractivity contribution in [3.63, 3.8) is 0 Å². The molecular weight excluding hydrogens is 356 g/mol. The Kier molecular flexibility index (Phi) is 7.81. The molecule has 0 spiro atoms. The molecule has 0 aromatic heterocycles. The van der Waals surface area contributed by atoms with E-state index in [0.29, 0.717) is 25.8 Å². The number of carboxylic acids is 1. The van der Waals surface area contributed by atoms with Gasteiger partial charge in [-0.05, 0) is 62.4 Å². The SMILES string of the molecule is C=CCc1cc2c(c(CC=C)c1O)C(CCCCN(C)CC(=O)O)CC(=O)N2. The van der Waals surface area contributed by atoms with Crippen molar-refractivity contribution in [2.45, 2.75) is 44.4 Å². The number of aromatic hydroxyl groups is 1. The van der Waals surface area contributed by atoms with E-state index >= 15 is 0 Å². The maximum atomic E-state index is 12.2. The third kappa shape index (κ3) is 5.45. The van der Waals surface area contributed by atoms with E-state index in [0.717, 1.165) is 41.6 Å². The van der Waals surface area contributed by atoms with Gasteiger partial charge in [-0.2, -0.15) is 0 Å². The minimum Gasteiger partial charge on any atom is -0.507 e. The minimum absolute atomic E-state index is 0.0136. The van der Waals surface area contributed by atoms with Gasteiger partial charge in [-0.15, -0.1) is 13.2 Å². The molecule has 152 valence electrons. The summed E-state index contributed by atoms with van der Waals surface area (Å²) in [5.41, 5.74) is 3.36. The number of phenols is 1. The number of nitrogens with one attached hydrogen (secondary N) is 1. The van der Waals surface area contributed by atoms with Crippen LogP contribution in [-0.4, -0.2) is 47.1 Å². The number of allylic oxidation sites excluding steroid dienone is 2. The number of fused-ring (bicyclic) bond motifs is 1. The molecule has 6 nitrogen and oxygen atoms in total. The molecular formula is C22H30N2O4. The average molecular weight is 386 g/mol. The zero-order chi connectivity index (χ0) is 20.7. The number of unbranched alkanes of at least 4 members (excludes halogenated alkanes) is 1. The van der Waals surface area contributed by atoms with Crippen LogP contribution in [0.4, 0.5) is 5.69 Å². The molecule has 3 N–H and O–H groups in total. The topological polar surface area (TPSA) is 89.9 Å². The predicted molar refractivity (Wildman–Crippen MR) is 111 cm³/mol. The highest BCUT2D eigenvalue weighted by Crippen LogP contribution is 2.43. The molecule has 0 saturated carbocycles. The lowest BCUT2D eigenvalue weighted by Crippen LogP contribution is -2.27. The van der Waals surface area contributed by atoms with Crippen LogP contribution in [-0.2, 0) is 22.4 Å². The fourth-order valence-electron chi connectivity index (χ4n) is 3.89. The monoisotopic (exact) mass is 386 g/mol. The van der Waals surface area contributed by atoms with Crippen LogP contribution in [0.25, 0.3) is 0 Å². The lowest BCUT2D eigenvalue weighted by atomic mass is 9.81. The highest BCUT2D eigenvalue weighted by molar-refractivity contribution is 5.95. The van der Waals surface area contributed by atoms with Gasteiger partial charge in [-0.1, -0.05) is 18.6 Å². The number of amides is 1. The smallest absolute Gasteiger partial charge is 0.317 e. The van der Waals surface area contributed by atoms with Crippen molar-refractivity contribution < 1.29 is 19.8 Å². The Morgan fingerprint density at radius 3 is 2.68 bits per heavy atom. The van der Waals surface area contributed by atoms with Crippen LogP contribution in [0.2, 0.25) is 0 Å². The van der Waals surface area contributed by atoms with Gasteiger partial charge in [0.1, 0.15) is 5.75 Å². The number of hydrogen-bond donors (Lipinski definition) is 3. The standard InChI is InChI=1S/C22H30N2O4/c1-4-8-16-12-18-21(17(9-5-2)22(16)28)15(13-19(25)23-18)10-6-7-11-24(3)14-20(26)27/h4-5,12,15,28H,1-2,6-11,13-14H2,3H3,(H,23,25)(H,26,27). The second kappa shape index (κ2) is 10.1. The van der Waals surface area contributed by atoms with Crippen molar-refractivity contribution in [2.75, 3.05) is 25.5 Å². The number of carbonyl (C=O) groups is 2. The molecule has 1 aromatic carbocycles. The molecule has 1 atom stereocenters. The van der Waals surface area contributed by atoms with Crippen LogP contribution < -0.4 is 5.32 Å². The van der Waals surface area contributed by atoms with E-state index in [1.807, 2.05) is 6.07 Å². The third-order valence-corrected chi connectivity index (χ3v) is 5.10.